The molecular weight excluding hydrogens is 186 g/mol. The first-order chi connectivity index (χ1) is 7.22. The molecule has 86 valence electrons. The van der Waals surface area contributed by atoms with Gasteiger partial charge in [0.25, 0.3) is 0 Å². The summed E-state index contributed by atoms with van der Waals surface area (Å²) in [6.07, 6.45) is 4.00. The monoisotopic (exact) mass is 209 g/mol. The Morgan fingerprint density at radius 3 is 2.67 bits per heavy atom. The molecule has 0 spiro atoms. The molecule has 1 rings (SSSR count). The van der Waals surface area contributed by atoms with Crippen LogP contribution in [-0.2, 0) is 6.42 Å². The molecule has 0 aliphatic heterocycles. The summed E-state index contributed by atoms with van der Waals surface area (Å²) in [5.74, 6) is 2.52. The average Bonchev–Trinajstić information content (AvgIpc) is 2.68. The summed E-state index contributed by atoms with van der Waals surface area (Å²) in [5, 5.41) is 3.51. The highest BCUT2D eigenvalue weighted by molar-refractivity contribution is 4.99. The molecule has 1 aromatic rings. The third kappa shape index (κ3) is 5.03. The zero-order valence-corrected chi connectivity index (χ0v) is 10.1. The van der Waals surface area contributed by atoms with Gasteiger partial charge in [-0.2, -0.15) is 0 Å². The second-order valence-electron chi connectivity index (χ2n) is 4.61. The van der Waals surface area contributed by atoms with Gasteiger partial charge in [-0.25, -0.2) is 0 Å². The molecule has 2 heteroatoms. The van der Waals surface area contributed by atoms with Crippen molar-refractivity contribution in [3.05, 3.63) is 24.2 Å². The molecule has 0 bridgehead atoms. The van der Waals surface area contributed by atoms with E-state index in [2.05, 4.69) is 32.2 Å². The van der Waals surface area contributed by atoms with Crippen LogP contribution in [0.3, 0.4) is 0 Å². The van der Waals surface area contributed by atoms with Gasteiger partial charge < -0.3 is 9.73 Å². The first kappa shape index (κ1) is 12.3. The van der Waals surface area contributed by atoms with E-state index in [9.17, 15) is 0 Å². The number of furan rings is 1. The van der Waals surface area contributed by atoms with Crippen molar-refractivity contribution in [1.82, 2.24) is 5.32 Å². The standard InChI is InChI=1S/C13H23NO/c1-4-12(10-14-9-11(2)3)8-13-6-5-7-15-13/h5-7,11-12,14H,4,8-10H2,1-3H3. The number of hydrogen-bond acceptors (Lipinski definition) is 2. The topological polar surface area (TPSA) is 25.2 Å². The summed E-state index contributed by atoms with van der Waals surface area (Å²) in [6, 6.07) is 4.02. The lowest BCUT2D eigenvalue weighted by molar-refractivity contribution is 0.398. The van der Waals surface area contributed by atoms with Crippen LogP contribution in [0, 0.1) is 11.8 Å². The van der Waals surface area contributed by atoms with Crippen LogP contribution in [0.2, 0.25) is 0 Å². The Bertz CT molecular complexity index is 241. The largest absolute Gasteiger partial charge is 0.469 e. The average molecular weight is 209 g/mol. The van der Waals surface area contributed by atoms with Gasteiger partial charge in [-0.3, -0.25) is 0 Å². The van der Waals surface area contributed by atoms with E-state index in [4.69, 9.17) is 4.42 Å². The van der Waals surface area contributed by atoms with E-state index < -0.39 is 0 Å². The minimum Gasteiger partial charge on any atom is -0.469 e. The fourth-order valence-electron chi connectivity index (χ4n) is 1.65. The molecule has 0 aromatic carbocycles. The molecule has 0 fully saturated rings. The van der Waals surface area contributed by atoms with Crippen LogP contribution in [0.4, 0.5) is 0 Å². The molecule has 0 aliphatic carbocycles. The van der Waals surface area contributed by atoms with E-state index in [1.807, 2.05) is 6.07 Å². The molecule has 0 radical (unpaired) electrons. The Balaban J connectivity index is 2.24. The first-order valence-corrected chi connectivity index (χ1v) is 5.95. The molecule has 1 N–H and O–H groups in total. The van der Waals surface area contributed by atoms with Crippen LogP contribution in [0.5, 0.6) is 0 Å². The second-order valence-corrected chi connectivity index (χ2v) is 4.61. The molecule has 15 heavy (non-hydrogen) atoms. The number of hydrogen-bond donors (Lipinski definition) is 1. The van der Waals surface area contributed by atoms with E-state index in [1.165, 1.54) is 6.42 Å². The van der Waals surface area contributed by atoms with Crippen molar-refractivity contribution in [3.8, 4) is 0 Å². The van der Waals surface area contributed by atoms with E-state index in [0.717, 1.165) is 31.2 Å². The van der Waals surface area contributed by atoms with Crippen molar-refractivity contribution in [2.24, 2.45) is 11.8 Å². The van der Waals surface area contributed by atoms with E-state index in [1.54, 1.807) is 6.26 Å². The Kier molecular flexibility index (Phi) is 5.48. The summed E-state index contributed by atoms with van der Waals surface area (Å²) >= 11 is 0. The summed E-state index contributed by atoms with van der Waals surface area (Å²) in [7, 11) is 0. The third-order valence-corrected chi connectivity index (χ3v) is 2.63. The highest BCUT2D eigenvalue weighted by Crippen LogP contribution is 2.11. The van der Waals surface area contributed by atoms with E-state index >= 15 is 0 Å². The van der Waals surface area contributed by atoms with E-state index in [-0.39, 0.29) is 0 Å². The molecule has 1 aromatic heterocycles. The maximum atomic E-state index is 5.37. The zero-order valence-electron chi connectivity index (χ0n) is 10.1. The van der Waals surface area contributed by atoms with Crippen LogP contribution in [0.1, 0.15) is 33.0 Å². The third-order valence-electron chi connectivity index (χ3n) is 2.63. The van der Waals surface area contributed by atoms with Gasteiger partial charge in [0, 0.05) is 6.42 Å². The Labute approximate surface area is 93.1 Å². The maximum absolute atomic E-state index is 5.37. The van der Waals surface area contributed by atoms with Gasteiger partial charge in [-0.05, 0) is 37.1 Å². The van der Waals surface area contributed by atoms with Crippen molar-refractivity contribution in [2.75, 3.05) is 13.1 Å². The maximum Gasteiger partial charge on any atom is 0.104 e. The quantitative estimate of drug-likeness (QED) is 0.746. The highest BCUT2D eigenvalue weighted by atomic mass is 16.3. The summed E-state index contributed by atoms with van der Waals surface area (Å²) in [6.45, 7) is 8.91. The van der Waals surface area contributed by atoms with Crippen LogP contribution in [-0.4, -0.2) is 13.1 Å². The van der Waals surface area contributed by atoms with Crippen molar-refractivity contribution < 1.29 is 4.42 Å². The molecule has 0 aliphatic rings. The Morgan fingerprint density at radius 1 is 1.33 bits per heavy atom. The predicted octanol–water partition coefficient (Wildman–Crippen LogP) is 3.09. The highest BCUT2D eigenvalue weighted by Gasteiger charge is 2.08. The van der Waals surface area contributed by atoms with Crippen molar-refractivity contribution >= 4 is 0 Å². The Morgan fingerprint density at radius 2 is 2.13 bits per heavy atom. The van der Waals surface area contributed by atoms with Gasteiger partial charge in [0.15, 0.2) is 0 Å². The van der Waals surface area contributed by atoms with Crippen LogP contribution in [0.15, 0.2) is 22.8 Å². The van der Waals surface area contributed by atoms with Crippen LogP contribution in [0.25, 0.3) is 0 Å². The fraction of sp³-hybridized carbons (Fsp3) is 0.692. The second kappa shape index (κ2) is 6.67. The molecule has 1 heterocycles. The smallest absolute Gasteiger partial charge is 0.104 e. The summed E-state index contributed by atoms with van der Waals surface area (Å²) in [4.78, 5) is 0. The molecule has 0 amide bonds. The minimum absolute atomic E-state index is 0.690. The van der Waals surface area contributed by atoms with E-state index in [0.29, 0.717) is 5.92 Å². The predicted molar refractivity (Wildman–Crippen MR) is 63.9 cm³/mol. The van der Waals surface area contributed by atoms with Gasteiger partial charge >= 0.3 is 0 Å². The van der Waals surface area contributed by atoms with Crippen molar-refractivity contribution in [3.63, 3.8) is 0 Å². The van der Waals surface area contributed by atoms with Crippen LogP contribution >= 0.6 is 0 Å². The van der Waals surface area contributed by atoms with Gasteiger partial charge in [0.1, 0.15) is 5.76 Å². The zero-order chi connectivity index (χ0) is 11.1. The van der Waals surface area contributed by atoms with Gasteiger partial charge in [-0.1, -0.05) is 27.2 Å². The molecule has 0 saturated carbocycles. The number of rotatable bonds is 7. The molecular formula is C13H23NO. The Hall–Kier alpha value is -0.760. The molecule has 1 unspecified atom stereocenters. The van der Waals surface area contributed by atoms with Gasteiger partial charge in [-0.15, -0.1) is 0 Å². The molecule has 0 saturated heterocycles. The molecule has 2 nitrogen and oxygen atoms in total. The van der Waals surface area contributed by atoms with Gasteiger partial charge in [0.2, 0.25) is 0 Å². The fourth-order valence-corrected chi connectivity index (χ4v) is 1.65. The SMILES string of the molecule is CCC(CNCC(C)C)Cc1ccco1. The van der Waals surface area contributed by atoms with Crippen molar-refractivity contribution in [2.45, 2.75) is 33.6 Å². The first-order valence-electron chi connectivity index (χ1n) is 5.95. The van der Waals surface area contributed by atoms with Gasteiger partial charge in [0.05, 0.1) is 6.26 Å². The summed E-state index contributed by atoms with van der Waals surface area (Å²) in [5.41, 5.74) is 0. The lowest BCUT2D eigenvalue weighted by atomic mass is 10.0. The lowest BCUT2D eigenvalue weighted by Gasteiger charge is -2.15. The number of nitrogens with one attached hydrogen (secondary N) is 1. The van der Waals surface area contributed by atoms with Crippen molar-refractivity contribution in [1.29, 1.82) is 0 Å². The van der Waals surface area contributed by atoms with Crippen LogP contribution < -0.4 is 5.32 Å². The molecule has 1 atom stereocenters. The summed E-state index contributed by atoms with van der Waals surface area (Å²) < 4.78 is 5.37. The minimum atomic E-state index is 0.690. The lowest BCUT2D eigenvalue weighted by Crippen LogP contribution is -2.27. The normalized spacial score (nSPS) is 13.3.